The summed E-state index contributed by atoms with van der Waals surface area (Å²) in [6.45, 7) is 0.943. The van der Waals surface area contributed by atoms with Gasteiger partial charge in [0.25, 0.3) is 0 Å². The molecule has 0 amide bonds. The number of benzene rings is 1. The van der Waals surface area contributed by atoms with E-state index in [0.29, 0.717) is 10.9 Å². The van der Waals surface area contributed by atoms with E-state index in [2.05, 4.69) is 28.1 Å². The van der Waals surface area contributed by atoms with Crippen LogP contribution in [0.2, 0.25) is 5.02 Å². The molecule has 1 nitrogen and oxygen atoms in total. The Hall–Kier alpha value is -0.0500. The molecule has 0 saturated carbocycles. The van der Waals surface area contributed by atoms with Gasteiger partial charge in [-0.15, -0.1) is 0 Å². The van der Waals surface area contributed by atoms with Crippen molar-refractivity contribution in [3.63, 3.8) is 0 Å². The molecule has 0 spiro atoms. The first-order valence-corrected chi connectivity index (χ1v) is 7.06. The largest absolute Gasteiger partial charge is 0.378 e. The van der Waals surface area contributed by atoms with Crippen molar-refractivity contribution in [2.24, 2.45) is 0 Å². The van der Waals surface area contributed by atoms with E-state index in [9.17, 15) is 0 Å². The van der Waals surface area contributed by atoms with E-state index in [-0.39, 0.29) is 0 Å². The fraction of sp³-hybridized carbons (Fsp3) is 0.538. The first-order valence-electron chi connectivity index (χ1n) is 5.77. The molecular weight excluding hydrogens is 287 g/mol. The molecule has 2 unspecified atom stereocenters. The van der Waals surface area contributed by atoms with E-state index in [0.717, 1.165) is 24.5 Å². The first kappa shape index (κ1) is 12.4. The molecule has 1 aliphatic heterocycles. The van der Waals surface area contributed by atoms with Crippen molar-refractivity contribution >= 4 is 27.5 Å². The lowest BCUT2D eigenvalue weighted by Crippen LogP contribution is -2.05. The number of halogens is 2. The summed E-state index contributed by atoms with van der Waals surface area (Å²) in [6, 6.07) is 8.04. The van der Waals surface area contributed by atoms with Crippen LogP contribution in [0.15, 0.2) is 24.3 Å². The van der Waals surface area contributed by atoms with Crippen LogP contribution in [0.5, 0.6) is 0 Å². The normalized spacial score (nSPS) is 22.2. The average molecular weight is 304 g/mol. The zero-order valence-electron chi connectivity index (χ0n) is 9.16. The number of rotatable bonds is 4. The van der Waals surface area contributed by atoms with Crippen LogP contribution in [0.1, 0.15) is 36.1 Å². The zero-order chi connectivity index (χ0) is 11.4. The fourth-order valence-corrected chi connectivity index (χ4v) is 2.74. The minimum absolute atomic E-state index is 0.411. The highest BCUT2D eigenvalue weighted by Crippen LogP contribution is 2.31. The SMILES string of the molecule is Clc1ccc(C(Br)CCC2CCCO2)cc1. The van der Waals surface area contributed by atoms with E-state index < -0.39 is 0 Å². The van der Waals surface area contributed by atoms with E-state index >= 15 is 0 Å². The third-order valence-corrected chi connectivity index (χ3v) is 4.24. The smallest absolute Gasteiger partial charge is 0.0576 e. The Kier molecular flexibility index (Phi) is 4.68. The number of hydrogen-bond donors (Lipinski definition) is 0. The summed E-state index contributed by atoms with van der Waals surface area (Å²) in [4.78, 5) is 0.411. The Balaban J connectivity index is 1.82. The van der Waals surface area contributed by atoms with Crippen molar-refractivity contribution in [2.75, 3.05) is 6.61 Å². The van der Waals surface area contributed by atoms with Gasteiger partial charge in [0.05, 0.1) is 6.10 Å². The summed E-state index contributed by atoms with van der Waals surface area (Å²) < 4.78 is 5.62. The van der Waals surface area contributed by atoms with Gasteiger partial charge in [-0.3, -0.25) is 0 Å². The predicted octanol–water partition coefficient (Wildman–Crippen LogP) is 4.74. The molecule has 1 aromatic carbocycles. The highest BCUT2D eigenvalue weighted by atomic mass is 79.9. The van der Waals surface area contributed by atoms with Crippen molar-refractivity contribution < 1.29 is 4.74 Å². The summed E-state index contributed by atoms with van der Waals surface area (Å²) in [6.07, 6.45) is 5.18. The molecule has 0 aliphatic carbocycles. The molecule has 16 heavy (non-hydrogen) atoms. The minimum atomic E-state index is 0.411. The molecule has 0 N–H and O–H groups in total. The number of alkyl halides is 1. The molecule has 2 atom stereocenters. The highest BCUT2D eigenvalue weighted by Gasteiger charge is 2.17. The predicted molar refractivity (Wildman–Crippen MR) is 71.3 cm³/mol. The lowest BCUT2D eigenvalue weighted by atomic mass is 10.0. The number of hydrogen-bond acceptors (Lipinski definition) is 1. The topological polar surface area (TPSA) is 9.23 Å². The van der Waals surface area contributed by atoms with Crippen LogP contribution in [-0.2, 0) is 4.74 Å². The second-order valence-electron chi connectivity index (χ2n) is 4.23. The monoisotopic (exact) mass is 302 g/mol. The van der Waals surface area contributed by atoms with Gasteiger partial charge in [0.1, 0.15) is 0 Å². The van der Waals surface area contributed by atoms with Gasteiger partial charge in [-0.05, 0) is 43.4 Å². The van der Waals surface area contributed by atoms with Crippen LogP contribution >= 0.6 is 27.5 Å². The summed E-state index contributed by atoms with van der Waals surface area (Å²) in [5.41, 5.74) is 1.29. The maximum Gasteiger partial charge on any atom is 0.0576 e. The summed E-state index contributed by atoms with van der Waals surface area (Å²) in [5, 5.41) is 0.794. The summed E-state index contributed by atoms with van der Waals surface area (Å²) in [7, 11) is 0. The van der Waals surface area contributed by atoms with Crippen LogP contribution in [0.25, 0.3) is 0 Å². The third-order valence-electron chi connectivity index (χ3n) is 3.00. The van der Waals surface area contributed by atoms with Gasteiger partial charge in [0, 0.05) is 16.5 Å². The Labute approximate surface area is 110 Å². The molecule has 1 aliphatic rings. The van der Waals surface area contributed by atoms with Crippen LogP contribution in [0, 0.1) is 0 Å². The van der Waals surface area contributed by atoms with Crippen molar-refractivity contribution in [2.45, 2.75) is 36.6 Å². The molecule has 0 radical (unpaired) electrons. The van der Waals surface area contributed by atoms with E-state index in [1.165, 1.54) is 18.4 Å². The average Bonchev–Trinajstić information content (AvgIpc) is 2.80. The van der Waals surface area contributed by atoms with Crippen LogP contribution in [0.3, 0.4) is 0 Å². The highest BCUT2D eigenvalue weighted by molar-refractivity contribution is 9.09. The van der Waals surface area contributed by atoms with Gasteiger partial charge in [-0.1, -0.05) is 39.7 Å². The Morgan fingerprint density at radius 3 is 2.75 bits per heavy atom. The van der Waals surface area contributed by atoms with E-state index in [4.69, 9.17) is 16.3 Å². The van der Waals surface area contributed by atoms with Crippen LogP contribution in [0.4, 0.5) is 0 Å². The standard InChI is InChI=1S/C13H16BrClO/c14-13(8-7-12-2-1-9-16-12)10-3-5-11(15)6-4-10/h3-6,12-13H,1-2,7-9H2. The van der Waals surface area contributed by atoms with Gasteiger partial charge in [0.2, 0.25) is 0 Å². The third kappa shape index (κ3) is 3.47. The zero-order valence-corrected chi connectivity index (χ0v) is 11.5. The van der Waals surface area contributed by atoms with Crippen molar-refractivity contribution in [1.82, 2.24) is 0 Å². The lowest BCUT2D eigenvalue weighted by molar-refractivity contribution is 0.102. The molecule has 1 aromatic rings. The maximum atomic E-state index is 5.86. The van der Waals surface area contributed by atoms with Gasteiger partial charge < -0.3 is 4.74 Å². The van der Waals surface area contributed by atoms with Crippen molar-refractivity contribution in [1.29, 1.82) is 0 Å². The van der Waals surface area contributed by atoms with Crippen LogP contribution in [-0.4, -0.2) is 12.7 Å². The van der Waals surface area contributed by atoms with E-state index in [1.807, 2.05) is 12.1 Å². The molecule has 1 heterocycles. The second kappa shape index (κ2) is 6.04. The molecule has 88 valence electrons. The first-order chi connectivity index (χ1) is 7.75. The van der Waals surface area contributed by atoms with Gasteiger partial charge in [-0.2, -0.15) is 0 Å². The molecular formula is C13H16BrClO. The van der Waals surface area contributed by atoms with Crippen molar-refractivity contribution in [3.8, 4) is 0 Å². The molecule has 3 heteroatoms. The van der Waals surface area contributed by atoms with Crippen molar-refractivity contribution in [3.05, 3.63) is 34.9 Å². The van der Waals surface area contributed by atoms with Gasteiger partial charge in [0.15, 0.2) is 0 Å². The maximum absolute atomic E-state index is 5.86. The Morgan fingerprint density at radius 2 is 2.12 bits per heavy atom. The summed E-state index contributed by atoms with van der Waals surface area (Å²) in [5.74, 6) is 0. The fourth-order valence-electron chi connectivity index (χ4n) is 2.04. The summed E-state index contributed by atoms with van der Waals surface area (Å²) >= 11 is 9.58. The number of ether oxygens (including phenoxy) is 1. The molecule has 0 bridgehead atoms. The molecule has 2 rings (SSSR count). The van der Waals surface area contributed by atoms with E-state index in [1.54, 1.807) is 0 Å². The Bertz CT molecular complexity index is 319. The second-order valence-corrected chi connectivity index (χ2v) is 5.77. The van der Waals surface area contributed by atoms with Gasteiger partial charge >= 0.3 is 0 Å². The Morgan fingerprint density at radius 1 is 1.38 bits per heavy atom. The molecule has 1 saturated heterocycles. The minimum Gasteiger partial charge on any atom is -0.378 e. The lowest BCUT2D eigenvalue weighted by Gasteiger charge is -2.13. The van der Waals surface area contributed by atoms with Gasteiger partial charge in [-0.25, -0.2) is 0 Å². The quantitative estimate of drug-likeness (QED) is 0.730. The van der Waals surface area contributed by atoms with Crippen LogP contribution < -0.4 is 0 Å². The molecule has 1 fully saturated rings. The molecule has 0 aromatic heterocycles.